The number of nitrogens with two attached hydrogens (primary N) is 1. The first-order valence-electron chi connectivity index (χ1n) is 5.70. The van der Waals surface area contributed by atoms with Gasteiger partial charge in [-0.05, 0) is 29.8 Å². The van der Waals surface area contributed by atoms with Crippen molar-refractivity contribution in [2.75, 3.05) is 5.73 Å². The topological polar surface area (TPSA) is 26.0 Å². The van der Waals surface area contributed by atoms with Crippen LogP contribution in [0, 0.1) is 5.82 Å². The summed E-state index contributed by atoms with van der Waals surface area (Å²) >= 11 is 1.25. The second-order valence-corrected chi connectivity index (χ2v) is 5.22. The standard InChI is InChI=1S/C14H11F4NS/c15-12-7-11(4-5-13(12)19)20-8-9-2-1-3-10(6-9)14(16,17)18/h1-7H,8,19H2. The number of rotatable bonds is 3. The van der Waals surface area contributed by atoms with E-state index in [0.29, 0.717) is 16.2 Å². The van der Waals surface area contributed by atoms with Gasteiger partial charge < -0.3 is 5.73 Å². The zero-order valence-corrected chi connectivity index (χ0v) is 11.1. The van der Waals surface area contributed by atoms with Crippen molar-refractivity contribution >= 4 is 17.4 Å². The molecule has 0 aliphatic carbocycles. The second-order valence-electron chi connectivity index (χ2n) is 4.17. The summed E-state index contributed by atoms with van der Waals surface area (Å²) < 4.78 is 50.9. The molecule has 6 heteroatoms. The lowest BCUT2D eigenvalue weighted by Gasteiger charge is -2.08. The maximum absolute atomic E-state index is 13.2. The van der Waals surface area contributed by atoms with Crippen LogP contribution in [0.5, 0.6) is 0 Å². The zero-order chi connectivity index (χ0) is 14.8. The Bertz CT molecular complexity index is 610. The zero-order valence-electron chi connectivity index (χ0n) is 10.2. The van der Waals surface area contributed by atoms with Crippen molar-refractivity contribution in [1.82, 2.24) is 0 Å². The fraction of sp³-hybridized carbons (Fsp3) is 0.143. The van der Waals surface area contributed by atoms with Gasteiger partial charge in [0.05, 0.1) is 11.3 Å². The van der Waals surface area contributed by atoms with Crippen LogP contribution in [-0.2, 0) is 11.9 Å². The third-order valence-corrected chi connectivity index (χ3v) is 3.70. The van der Waals surface area contributed by atoms with Gasteiger partial charge in [-0.15, -0.1) is 11.8 Å². The Morgan fingerprint density at radius 2 is 1.80 bits per heavy atom. The lowest BCUT2D eigenvalue weighted by atomic mass is 10.1. The van der Waals surface area contributed by atoms with Crippen molar-refractivity contribution in [3.8, 4) is 0 Å². The molecule has 0 saturated carbocycles. The van der Waals surface area contributed by atoms with Gasteiger partial charge in [-0.3, -0.25) is 0 Å². The Balaban J connectivity index is 2.09. The van der Waals surface area contributed by atoms with Gasteiger partial charge in [0.25, 0.3) is 0 Å². The first-order chi connectivity index (χ1) is 9.36. The van der Waals surface area contributed by atoms with Gasteiger partial charge in [0.15, 0.2) is 0 Å². The summed E-state index contributed by atoms with van der Waals surface area (Å²) in [6.07, 6.45) is -4.35. The molecule has 0 radical (unpaired) electrons. The van der Waals surface area contributed by atoms with Crippen LogP contribution < -0.4 is 5.73 Å². The largest absolute Gasteiger partial charge is 0.416 e. The van der Waals surface area contributed by atoms with E-state index in [2.05, 4.69) is 0 Å². The number of halogens is 4. The van der Waals surface area contributed by atoms with Gasteiger partial charge in [0.2, 0.25) is 0 Å². The molecular formula is C14H11F4NS. The molecule has 2 aromatic carbocycles. The summed E-state index contributed by atoms with van der Waals surface area (Å²) in [7, 11) is 0. The first kappa shape index (κ1) is 14.7. The molecule has 0 aliphatic heterocycles. The van der Waals surface area contributed by atoms with Gasteiger partial charge in [0.1, 0.15) is 5.82 Å². The molecule has 0 saturated heterocycles. The van der Waals surface area contributed by atoms with Crippen LogP contribution in [0.4, 0.5) is 23.2 Å². The monoisotopic (exact) mass is 301 g/mol. The molecule has 2 N–H and O–H groups in total. The normalized spacial score (nSPS) is 11.6. The SMILES string of the molecule is Nc1ccc(SCc2cccc(C(F)(F)F)c2)cc1F. The van der Waals surface area contributed by atoms with Gasteiger partial charge in [-0.25, -0.2) is 4.39 Å². The van der Waals surface area contributed by atoms with Crippen molar-refractivity contribution in [2.24, 2.45) is 0 Å². The van der Waals surface area contributed by atoms with Crippen LogP contribution in [0.2, 0.25) is 0 Å². The molecule has 2 rings (SSSR count). The highest BCUT2D eigenvalue weighted by atomic mass is 32.2. The van der Waals surface area contributed by atoms with Crippen LogP contribution in [0.3, 0.4) is 0 Å². The molecule has 0 bridgehead atoms. The van der Waals surface area contributed by atoms with Crippen LogP contribution in [0.25, 0.3) is 0 Å². The van der Waals surface area contributed by atoms with E-state index >= 15 is 0 Å². The molecule has 2 aromatic rings. The quantitative estimate of drug-likeness (QED) is 0.504. The number of thioether (sulfide) groups is 1. The Labute approximate surface area is 117 Å². The Morgan fingerprint density at radius 3 is 2.45 bits per heavy atom. The van der Waals surface area contributed by atoms with Gasteiger partial charge in [0, 0.05) is 10.6 Å². The summed E-state index contributed by atoms with van der Waals surface area (Å²) in [5, 5.41) is 0. The molecule has 106 valence electrons. The highest BCUT2D eigenvalue weighted by Gasteiger charge is 2.30. The number of benzene rings is 2. The third-order valence-electron chi connectivity index (χ3n) is 2.63. The molecule has 0 aliphatic rings. The van der Waals surface area contributed by atoms with Crippen LogP contribution in [0.1, 0.15) is 11.1 Å². The molecule has 0 spiro atoms. The van der Waals surface area contributed by atoms with E-state index in [1.807, 2.05) is 0 Å². The Kier molecular flexibility index (Phi) is 4.23. The summed E-state index contributed by atoms with van der Waals surface area (Å²) in [5.41, 5.74) is 5.25. The maximum Gasteiger partial charge on any atom is 0.416 e. The minimum atomic E-state index is -4.35. The average molecular weight is 301 g/mol. The van der Waals surface area contributed by atoms with E-state index in [-0.39, 0.29) is 5.69 Å². The van der Waals surface area contributed by atoms with E-state index in [0.717, 1.165) is 12.1 Å². The van der Waals surface area contributed by atoms with Crippen molar-refractivity contribution in [3.05, 3.63) is 59.4 Å². The number of hydrogen-bond acceptors (Lipinski definition) is 2. The lowest BCUT2D eigenvalue weighted by Crippen LogP contribution is -2.04. The van der Waals surface area contributed by atoms with Crippen molar-refractivity contribution in [2.45, 2.75) is 16.8 Å². The molecule has 0 fully saturated rings. The first-order valence-corrected chi connectivity index (χ1v) is 6.69. The van der Waals surface area contributed by atoms with E-state index in [4.69, 9.17) is 5.73 Å². The predicted molar refractivity (Wildman–Crippen MR) is 71.8 cm³/mol. The molecule has 0 atom stereocenters. The van der Waals surface area contributed by atoms with E-state index in [1.54, 1.807) is 12.1 Å². The molecule has 0 amide bonds. The predicted octanol–water partition coefficient (Wildman–Crippen LogP) is 4.72. The summed E-state index contributed by atoms with van der Waals surface area (Å²) in [5.74, 6) is -0.202. The molecule has 20 heavy (non-hydrogen) atoms. The molecule has 1 nitrogen and oxygen atoms in total. The van der Waals surface area contributed by atoms with Gasteiger partial charge in [-0.1, -0.05) is 18.2 Å². The van der Waals surface area contributed by atoms with Crippen LogP contribution >= 0.6 is 11.8 Å². The Hall–Kier alpha value is -1.69. The number of anilines is 1. The second kappa shape index (κ2) is 5.75. The minimum absolute atomic E-state index is 0.0495. The van der Waals surface area contributed by atoms with Gasteiger partial charge >= 0.3 is 6.18 Å². The van der Waals surface area contributed by atoms with Crippen molar-refractivity contribution in [3.63, 3.8) is 0 Å². The molecular weight excluding hydrogens is 290 g/mol. The van der Waals surface area contributed by atoms with E-state index < -0.39 is 17.6 Å². The highest BCUT2D eigenvalue weighted by Crippen LogP contribution is 2.31. The summed E-state index contributed by atoms with van der Waals surface area (Å²) in [6, 6.07) is 9.43. The smallest absolute Gasteiger partial charge is 0.396 e. The number of nitrogen functional groups attached to an aromatic ring is 1. The number of alkyl halides is 3. The lowest BCUT2D eigenvalue weighted by molar-refractivity contribution is -0.137. The van der Waals surface area contributed by atoms with E-state index in [1.165, 1.54) is 30.0 Å². The van der Waals surface area contributed by atoms with Crippen LogP contribution in [0.15, 0.2) is 47.4 Å². The molecule has 0 aromatic heterocycles. The fourth-order valence-electron chi connectivity index (χ4n) is 1.60. The van der Waals surface area contributed by atoms with Gasteiger partial charge in [-0.2, -0.15) is 13.2 Å². The molecule has 0 unspecified atom stereocenters. The highest BCUT2D eigenvalue weighted by molar-refractivity contribution is 7.98. The minimum Gasteiger partial charge on any atom is -0.396 e. The fourth-order valence-corrected chi connectivity index (χ4v) is 2.47. The van der Waals surface area contributed by atoms with Crippen molar-refractivity contribution < 1.29 is 17.6 Å². The average Bonchev–Trinajstić information content (AvgIpc) is 2.39. The molecule has 0 heterocycles. The Morgan fingerprint density at radius 1 is 1.05 bits per heavy atom. The third kappa shape index (κ3) is 3.66. The number of hydrogen-bond donors (Lipinski definition) is 1. The van der Waals surface area contributed by atoms with E-state index in [9.17, 15) is 17.6 Å². The summed E-state index contributed by atoms with van der Waals surface area (Å²) in [6.45, 7) is 0. The van der Waals surface area contributed by atoms with Crippen LogP contribution in [-0.4, -0.2) is 0 Å². The maximum atomic E-state index is 13.2. The summed E-state index contributed by atoms with van der Waals surface area (Å²) in [4.78, 5) is 0.620. The van der Waals surface area contributed by atoms with Crippen molar-refractivity contribution in [1.29, 1.82) is 0 Å².